The van der Waals surface area contributed by atoms with E-state index in [1.54, 1.807) is 0 Å². The van der Waals surface area contributed by atoms with Crippen LogP contribution in [0, 0.1) is 0 Å². The highest BCUT2D eigenvalue weighted by Gasteiger charge is 2.21. The Morgan fingerprint density at radius 3 is 1.80 bits per heavy atom. The van der Waals surface area contributed by atoms with Gasteiger partial charge in [0.2, 0.25) is 0 Å². The van der Waals surface area contributed by atoms with Crippen molar-refractivity contribution in [1.82, 2.24) is 0 Å². The lowest BCUT2D eigenvalue weighted by molar-refractivity contribution is 0.885. The first-order valence-electron chi connectivity index (χ1n) is 10.9. The zero-order valence-electron chi connectivity index (χ0n) is 17.4. The minimum Gasteiger partial charge on any atom is -0.0619 e. The van der Waals surface area contributed by atoms with E-state index in [0.29, 0.717) is 5.92 Å². The summed E-state index contributed by atoms with van der Waals surface area (Å²) in [4.78, 5) is 0. The van der Waals surface area contributed by atoms with Gasteiger partial charge >= 0.3 is 0 Å². The highest BCUT2D eigenvalue weighted by Crippen LogP contribution is 2.44. The lowest BCUT2D eigenvalue weighted by Crippen LogP contribution is -1.95. The molecular formula is C30H24. The zero-order chi connectivity index (χ0) is 20.2. The molecule has 0 heteroatoms. The van der Waals surface area contributed by atoms with Crippen LogP contribution in [0.2, 0.25) is 0 Å². The van der Waals surface area contributed by atoms with Crippen molar-refractivity contribution in [1.29, 1.82) is 0 Å². The Hall–Kier alpha value is -3.38. The summed E-state index contributed by atoms with van der Waals surface area (Å²) >= 11 is 0. The molecule has 0 radical (unpaired) electrons. The Morgan fingerprint density at radius 1 is 0.567 bits per heavy atom. The summed E-state index contributed by atoms with van der Waals surface area (Å²) in [5.74, 6) is 0.475. The summed E-state index contributed by atoms with van der Waals surface area (Å²) in [6.45, 7) is 4.61. The Balaban J connectivity index is 1.68. The van der Waals surface area contributed by atoms with Crippen LogP contribution in [0.1, 0.15) is 36.5 Å². The first-order valence-corrected chi connectivity index (χ1v) is 10.9. The molecule has 0 N–H and O–H groups in total. The van der Waals surface area contributed by atoms with Crippen LogP contribution in [0.15, 0.2) is 91.0 Å². The molecule has 0 aliphatic heterocycles. The van der Waals surface area contributed by atoms with Gasteiger partial charge in [-0.1, -0.05) is 105 Å². The second-order valence-corrected chi connectivity index (χ2v) is 8.74. The van der Waals surface area contributed by atoms with Crippen LogP contribution in [-0.2, 0) is 6.42 Å². The van der Waals surface area contributed by atoms with Gasteiger partial charge in [-0.15, -0.1) is 0 Å². The fourth-order valence-corrected chi connectivity index (χ4v) is 5.40. The van der Waals surface area contributed by atoms with Crippen molar-refractivity contribution < 1.29 is 0 Å². The van der Waals surface area contributed by atoms with Crippen LogP contribution < -0.4 is 0 Å². The van der Waals surface area contributed by atoms with E-state index in [2.05, 4.69) is 105 Å². The molecule has 0 saturated carbocycles. The van der Waals surface area contributed by atoms with Gasteiger partial charge < -0.3 is 0 Å². The Kier molecular flexibility index (Phi) is 3.83. The molecule has 0 bridgehead atoms. The fraction of sp³-hybridized carbons (Fsp3) is 0.133. The number of rotatable bonds is 2. The summed E-state index contributed by atoms with van der Waals surface area (Å²) in [5.41, 5.74) is 9.81. The van der Waals surface area contributed by atoms with Crippen molar-refractivity contribution in [3.63, 3.8) is 0 Å². The van der Waals surface area contributed by atoms with Gasteiger partial charge in [-0.3, -0.25) is 0 Å². The van der Waals surface area contributed by atoms with Gasteiger partial charge in [0.25, 0.3) is 0 Å². The summed E-state index contributed by atoms with van der Waals surface area (Å²) < 4.78 is 0. The SMILES string of the molecule is CC(C)c1c2ccccc2c(-c2ccc3c(c2)Cc2ccccc2-3)c2ccccc12. The predicted molar refractivity (Wildman–Crippen MR) is 129 cm³/mol. The second kappa shape index (κ2) is 6.57. The van der Waals surface area contributed by atoms with Crippen molar-refractivity contribution in [2.45, 2.75) is 26.2 Å². The van der Waals surface area contributed by atoms with Crippen LogP contribution in [0.4, 0.5) is 0 Å². The van der Waals surface area contributed by atoms with E-state index in [0.717, 1.165) is 6.42 Å². The second-order valence-electron chi connectivity index (χ2n) is 8.74. The van der Waals surface area contributed by atoms with Gasteiger partial charge in [0, 0.05) is 0 Å². The quantitative estimate of drug-likeness (QED) is 0.263. The maximum atomic E-state index is 2.43. The van der Waals surface area contributed by atoms with E-state index in [9.17, 15) is 0 Å². The first kappa shape index (κ1) is 17.5. The summed E-state index contributed by atoms with van der Waals surface area (Å²) in [6, 6.07) is 33.8. The maximum Gasteiger partial charge on any atom is -0.00132 e. The van der Waals surface area contributed by atoms with E-state index >= 15 is 0 Å². The predicted octanol–water partition coefficient (Wildman–Crippen LogP) is 8.35. The lowest BCUT2D eigenvalue weighted by Gasteiger charge is -2.19. The van der Waals surface area contributed by atoms with Gasteiger partial charge in [0.15, 0.2) is 0 Å². The van der Waals surface area contributed by atoms with Crippen molar-refractivity contribution in [3.8, 4) is 22.3 Å². The van der Waals surface area contributed by atoms with Crippen LogP contribution in [0.3, 0.4) is 0 Å². The van der Waals surface area contributed by atoms with E-state index in [-0.39, 0.29) is 0 Å². The van der Waals surface area contributed by atoms with Gasteiger partial charge in [-0.2, -0.15) is 0 Å². The highest BCUT2D eigenvalue weighted by molar-refractivity contribution is 6.15. The van der Waals surface area contributed by atoms with Crippen LogP contribution in [0.5, 0.6) is 0 Å². The minimum atomic E-state index is 0.475. The molecule has 5 aromatic rings. The van der Waals surface area contributed by atoms with Gasteiger partial charge in [0.1, 0.15) is 0 Å². The number of fused-ring (bicyclic) bond motifs is 5. The molecule has 0 atom stereocenters. The van der Waals surface area contributed by atoms with Crippen molar-refractivity contribution >= 4 is 21.5 Å². The maximum absolute atomic E-state index is 2.43. The van der Waals surface area contributed by atoms with E-state index in [1.165, 1.54) is 60.5 Å². The van der Waals surface area contributed by atoms with E-state index in [4.69, 9.17) is 0 Å². The Morgan fingerprint density at radius 2 is 1.13 bits per heavy atom. The molecule has 6 rings (SSSR count). The third-order valence-corrected chi connectivity index (χ3v) is 6.63. The largest absolute Gasteiger partial charge is 0.0619 e. The molecule has 0 fully saturated rings. The molecule has 0 aromatic heterocycles. The summed E-state index contributed by atoms with van der Waals surface area (Å²) in [7, 11) is 0. The fourth-order valence-electron chi connectivity index (χ4n) is 5.40. The first-order chi connectivity index (χ1) is 14.7. The summed E-state index contributed by atoms with van der Waals surface area (Å²) in [6.07, 6.45) is 1.03. The van der Waals surface area contributed by atoms with Crippen molar-refractivity contribution in [2.24, 2.45) is 0 Å². The number of benzene rings is 5. The average molecular weight is 385 g/mol. The molecule has 5 aromatic carbocycles. The van der Waals surface area contributed by atoms with E-state index < -0.39 is 0 Å². The van der Waals surface area contributed by atoms with Crippen molar-refractivity contribution in [2.75, 3.05) is 0 Å². The Bertz CT molecular complexity index is 1380. The Labute approximate surface area is 177 Å². The molecule has 0 saturated heterocycles. The molecule has 0 nitrogen and oxygen atoms in total. The monoisotopic (exact) mass is 384 g/mol. The zero-order valence-corrected chi connectivity index (χ0v) is 17.4. The highest BCUT2D eigenvalue weighted by atomic mass is 14.2. The normalized spacial score (nSPS) is 12.5. The smallest absolute Gasteiger partial charge is 0.00132 e. The molecule has 0 heterocycles. The molecule has 0 unspecified atom stereocenters. The molecule has 0 spiro atoms. The van der Waals surface area contributed by atoms with Crippen LogP contribution in [-0.4, -0.2) is 0 Å². The third kappa shape index (κ3) is 2.47. The molecule has 1 aliphatic rings. The van der Waals surface area contributed by atoms with Gasteiger partial charge in [-0.25, -0.2) is 0 Å². The molecule has 144 valence electrons. The minimum absolute atomic E-state index is 0.475. The van der Waals surface area contributed by atoms with E-state index in [1.807, 2.05) is 0 Å². The number of hydrogen-bond acceptors (Lipinski definition) is 0. The van der Waals surface area contributed by atoms with Crippen molar-refractivity contribution in [3.05, 3.63) is 108 Å². The van der Waals surface area contributed by atoms with Crippen LogP contribution >= 0.6 is 0 Å². The van der Waals surface area contributed by atoms with Gasteiger partial charge in [-0.05, 0) is 72.8 Å². The third-order valence-electron chi connectivity index (χ3n) is 6.63. The topological polar surface area (TPSA) is 0 Å². The standard InChI is InChI=1S/C30H24/c1-19(2)29-25-11-5-7-13-27(25)30(28-14-8-6-12-26(28)29)21-15-16-24-22(18-21)17-20-9-3-4-10-23(20)24/h3-16,18-19H,17H2,1-2H3. The molecular weight excluding hydrogens is 360 g/mol. The molecule has 1 aliphatic carbocycles. The lowest BCUT2D eigenvalue weighted by atomic mass is 9.84. The number of hydrogen-bond donors (Lipinski definition) is 0. The van der Waals surface area contributed by atoms with Gasteiger partial charge in [0.05, 0.1) is 0 Å². The molecule has 30 heavy (non-hydrogen) atoms. The average Bonchev–Trinajstić information content (AvgIpc) is 3.14. The summed E-state index contributed by atoms with van der Waals surface area (Å²) in [5, 5.41) is 5.47. The van der Waals surface area contributed by atoms with Crippen LogP contribution in [0.25, 0.3) is 43.8 Å². The molecule has 0 amide bonds.